The molecule has 2 rings (SSSR count). The fraction of sp³-hybridized carbons (Fsp3) is 0.538. The summed E-state index contributed by atoms with van der Waals surface area (Å²) < 4.78 is 1.17. The van der Waals surface area contributed by atoms with Crippen LogP contribution in [0, 0.1) is 11.8 Å². The molecule has 0 amide bonds. The largest absolute Gasteiger partial charge is 0.319 e. The quantitative estimate of drug-likeness (QED) is 0.864. The first kappa shape index (κ1) is 11.2. The van der Waals surface area contributed by atoms with Crippen molar-refractivity contribution in [1.82, 2.24) is 5.32 Å². The summed E-state index contributed by atoms with van der Waals surface area (Å²) in [7, 11) is 2.05. The average Bonchev–Trinajstić information content (AvgIpc) is 3.04. The zero-order valence-electron chi connectivity index (χ0n) is 9.17. The first-order valence-corrected chi connectivity index (χ1v) is 6.48. The molecule has 0 heterocycles. The molecular formula is C13H18BrN. The fourth-order valence-electron chi connectivity index (χ4n) is 2.16. The summed E-state index contributed by atoms with van der Waals surface area (Å²) in [6, 6.07) is 8.74. The molecule has 2 heteroatoms. The number of benzene rings is 1. The standard InChI is InChI=1S/C13H18BrN/c1-15-9-12(11-4-5-11)8-10-2-6-13(14)7-3-10/h2-3,6-7,11-12,15H,4-5,8-9H2,1H3. The first-order chi connectivity index (χ1) is 7.29. The fourth-order valence-corrected chi connectivity index (χ4v) is 2.42. The van der Waals surface area contributed by atoms with Crippen LogP contribution >= 0.6 is 15.9 Å². The second-order valence-corrected chi connectivity index (χ2v) is 5.40. The molecule has 1 N–H and O–H groups in total. The number of hydrogen-bond acceptors (Lipinski definition) is 1. The summed E-state index contributed by atoms with van der Waals surface area (Å²) >= 11 is 3.47. The molecule has 0 spiro atoms. The average molecular weight is 268 g/mol. The molecule has 0 saturated heterocycles. The van der Waals surface area contributed by atoms with Crippen molar-refractivity contribution >= 4 is 15.9 Å². The van der Waals surface area contributed by atoms with Crippen LogP contribution in [-0.4, -0.2) is 13.6 Å². The molecule has 15 heavy (non-hydrogen) atoms. The summed E-state index contributed by atoms with van der Waals surface area (Å²) in [5.41, 5.74) is 1.46. The van der Waals surface area contributed by atoms with Crippen LogP contribution in [0.3, 0.4) is 0 Å². The zero-order chi connectivity index (χ0) is 10.7. The minimum atomic E-state index is 0.830. The Hall–Kier alpha value is -0.340. The highest BCUT2D eigenvalue weighted by Gasteiger charge is 2.30. The maximum absolute atomic E-state index is 3.47. The Kier molecular flexibility index (Phi) is 3.81. The Morgan fingerprint density at radius 3 is 2.53 bits per heavy atom. The highest BCUT2D eigenvalue weighted by molar-refractivity contribution is 9.10. The summed E-state index contributed by atoms with van der Waals surface area (Å²) in [4.78, 5) is 0. The molecule has 1 aliphatic rings. The smallest absolute Gasteiger partial charge is 0.0175 e. The van der Waals surface area contributed by atoms with Gasteiger partial charge in [-0.2, -0.15) is 0 Å². The van der Waals surface area contributed by atoms with E-state index in [-0.39, 0.29) is 0 Å². The van der Waals surface area contributed by atoms with Gasteiger partial charge in [0.25, 0.3) is 0 Å². The lowest BCUT2D eigenvalue weighted by atomic mass is 9.95. The van der Waals surface area contributed by atoms with Crippen molar-refractivity contribution in [2.75, 3.05) is 13.6 Å². The second-order valence-electron chi connectivity index (χ2n) is 4.49. The molecule has 82 valence electrons. The van der Waals surface area contributed by atoms with Gasteiger partial charge in [-0.1, -0.05) is 28.1 Å². The molecule has 1 atom stereocenters. The molecule has 1 aromatic carbocycles. The van der Waals surface area contributed by atoms with Gasteiger partial charge in [0, 0.05) is 4.47 Å². The van der Waals surface area contributed by atoms with Crippen molar-refractivity contribution < 1.29 is 0 Å². The second kappa shape index (κ2) is 5.13. The Balaban J connectivity index is 1.95. The van der Waals surface area contributed by atoms with E-state index in [0.29, 0.717) is 0 Å². The predicted molar refractivity (Wildman–Crippen MR) is 68.0 cm³/mol. The van der Waals surface area contributed by atoms with E-state index in [1.165, 1.54) is 29.3 Å². The summed E-state index contributed by atoms with van der Waals surface area (Å²) in [6.07, 6.45) is 4.09. The molecule has 0 bridgehead atoms. The normalized spacial score (nSPS) is 17.7. The van der Waals surface area contributed by atoms with Crippen LogP contribution in [0.25, 0.3) is 0 Å². The van der Waals surface area contributed by atoms with E-state index < -0.39 is 0 Å². The predicted octanol–water partition coefficient (Wildman–Crippen LogP) is 3.24. The molecule has 0 aromatic heterocycles. The molecule has 0 radical (unpaired) electrons. The van der Waals surface area contributed by atoms with Gasteiger partial charge >= 0.3 is 0 Å². The molecular weight excluding hydrogens is 250 g/mol. The summed E-state index contributed by atoms with van der Waals surface area (Å²) in [5, 5.41) is 3.31. The highest BCUT2D eigenvalue weighted by atomic mass is 79.9. The van der Waals surface area contributed by atoms with Gasteiger partial charge in [-0.3, -0.25) is 0 Å². The van der Waals surface area contributed by atoms with Crippen molar-refractivity contribution in [1.29, 1.82) is 0 Å². The van der Waals surface area contributed by atoms with Gasteiger partial charge in [-0.15, -0.1) is 0 Å². The lowest BCUT2D eigenvalue weighted by Gasteiger charge is -2.15. The molecule has 1 unspecified atom stereocenters. The van der Waals surface area contributed by atoms with Crippen molar-refractivity contribution in [3.63, 3.8) is 0 Å². The van der Waals surface area contributed by atoms with E-state index >= 15 is 0 Å². The Morgan fingerprint density at radius 2 is 2.00 bits per heavy atom. The third-order valence-corrected chi connectivity index (χ3v) is 3.69. The molecule has 1 aromatic rings. The van der Waals surface area contributed by atoms with Gasteiger partial charge in [0.15, 0.2) is 0 Å². The van der Waals surface area contributed by atoms with Crippen LogP contribution in [-0.2, 0) is 6.42 Å². The van der Waals surface area contributed by atoms with Gasteiger partial charge in [0.2, 0.25) is 0 Å². The Bertz CT molecular complexity index is 303. The Labute approximate surface area is 100 Å². The van der Waals surface area contributed by atoms with Crippen LogP contribution < -0.4 is 5.32 Å². The molecule has 1 nitrogen and oxygen atoms in total. The molecule has 0 aliphatic heterocycles. The number of halogens is 1. The van der Waals surface area contributed by atoms with Crippen LogP contribution in [0.15, 0.2) is 28.7 Å². The monoisotopic (exact) mass is 267 g/mol. The van der Waals surface area contributed by atoms with E-state index in [0.717, 1.165) is 18.4 Å². The van der Waals surface area contributed by atoms with E-state index in [1.54, 1.807) is 0 Å². The van der Waals surface area contributed by atoms with Crippen molar-refractivity contribution in [2.24, 2.45) is 11.8 Å². The van der Waals surface area contributed by atoms with E-state index in [2.05, 4.69) is 52.6 Å². The number of hydrogen-bond donors (Lipinski definition) is 1. The highest BCUT2D eigenvalue weighted by Crippen LogP contribution is 2.38. The van der Waals surface area contributed by atoms with Gasteiger partial charge in [-0.25, -0.2) is 0 Å². The third-order valence-electron chi connectivity index (χ3n) is 3.17. The minimum absolute atomic E-state index is 0.830. The summed E-state index contributed by atoms with van der Waals surface area (Å²) in [5.74, 6) is 1.80. The third kappa shape index (κ3) is 3.32. The van der Waals surface area contributed by atoms with Crippen LogP contribution in [0.4, 0.5) is 0 Å². The number of rotatable bonds is 5. The van der Waals surface area contributed by atoms with Crippen LogP contribution in [0.1, 0.15) is 18.4 Å². The zero-order valence-corrected chi connectivity index (χ0v) is 10.8. The lowest BCUT2D eigenvalue weighted by molar-refractivity contribution is 0.440. The topological polar surface area (TPSA) is 12.0 Å². The summed E-state index contributed by atoms with van der Waals surface area (Å²) in [6.45, 7) is 1.15. The Morgan fingerprint density at radius 1 is 1.33 bits per heavy atom. The van der Waals surface area contributed by atoms with Crippen molar-refractivity contribution in [3.05, 3.63) is 34.3 Å². The van der Waals surface area contributed by atoms with Crippen molar-refractivity contribution in [3.8, 4) is 0 Å². The van der Waals surface area contributed by atoms with Gasteiger partial charge in [0.05, 0.1) is 0 Å². The van der Waals surface area contributed by atoms with Crippen LogP contribution in [0.5, 0.6) is 0 Å². The number of nitrogens with one attached hydrogen (secondary N) is 1. The van der Waals surface area contributed by atoms with Crippen LogP contribution in [0.2, 0.25) is 0 Å². The van der Waals surface area contributed by atoms with Gasteiger partial charge < -0.3 is 5.32 Å². The minimum Gasteiger partial charge on any atom is -0.319 e. The van der Waals surface area contributed by atoms with Gasteiger partial charge in [-0.05, 0) is 62.4 Å². The maximum Gasteiger partial charge on any atom is 0.0175 e. The van der Waals surface area contributed by atoms with E-state index in [4.69, 9.17) is 0 Å². The maximum atomic E-state index is 3.47. The van der Waals surface area contributed by atoms with Crippen molar-refractivity contribution in [2.45, 2.75) is 19.3 Å². The molecule has 1 saturated carbocycles. The van der Waals surface area contributed by atoms with E-state index in [9.17, 15) is 0 Å². The first-order valence-electron chi connectivity index (χ1n) is 5.68. The molecule has 1 fully saturated rings. The SMILES string of the molecule is CNCC(Cc1ccc(Br)cc1)C1CC1. The van der Waals surface area contributed by atoms with E-state index in [1.807, 2.05) is 0 Å². The lowest BCUT2D eigenvalue weighted by Crippen LogP contribution is -2.22. The van der Waals surface area contributed by atoms with Gasteiger partial charge in [0.1, 0.15) is 0 Å². The molecule has 1 aliphatic carbocycles.